The molecule has 0 saturated carbocycles. The van der Waals surface area contributed by atoms with Crippen LogP contribution in [0.15, 0.2) is 17.5 Å². The van der Waals surface area contributed by atoms with Gasteiger partial charge in [-0.15, -0.1) is 11.3 Å². The molecule has 3 N–H and O–H groups in total. The molecule has 1 aromatic carbocycles. The first-order chi connectivity index (χ1) is 6.77. The van der Waals surface area contributed by atoms with E-state index in [0.29, 0.717) is 16.8 Å². The van der Waals surface area contributed by atoms with Crippen molar-refractivity contribution in [3.05, 3.63) is 28.6 Å². The van der Waals surface area contributed by atoms with Crippen molar-refractivity contribution in [2.75, 3.05) is 5.73 Å². The summed E-state index contributed by atoms with van der Waals surface area (Å²) in [6.07, 6.45) is 0.721. The molecule has 0 amide bonds. The number of aldehydes is 1. The molecule has 3 nitrogen and oxygen atoms in total. The maximum Gasteiger partial charge on any atom is 0.150 e. The maximum atomic E-state index is 10.7. The molecule has 0 saturated heterocycles. The minimum absolute atomic E-state index is 0.137. The van der Waals surface area contributed by atoms with Crippen LogP contribution in [0.25, 0.3) is 10.1 Å². The first kappa shape index (κ1) is 9.18. The minimum atomic E-state index is -0.137. The molecule has 0 aliphatic carbocycles. The van der Waals surface area contributed by atoms with Crippen LogP contribution in [0.4, 0.5) is 5.69 Å². The Hall–Kier alpha value is -1.39. The molecule has 1 heterocycles. The van der Waals surface area contributed by atoms with Crippen LogP contribution in [0.3, 0.4) is 0 Å². The average Bonchev–Trinajstić information content (AvgIpc) is 2.66. The quantitative estimate of drug-likeness (QED) is 0.583. The normalized spacial score (nSPS) is 10.6. The fourth-order valence-electron chi connectivity index (χ4n) is 1.53. The van der Waals surface area contributed by atoms with E-state index in [2.05, 4.69) is 0 Å². The van der Waals surface area contributed by atoms with Gasteiger partial charge in [0, 0.05) is 10.9 Å². The van der Waals surface area contributed by atoms with Gasteiger partial charge in [-0.1, -0.05) is 0 Å². The summed E-state index contributed by atoms with van der Waals surface area (Å²) in [6, 6.07) is 3.48. The van der Waals surface area contributed by atoms with E-state index in [0.717, 1.165) is 16.4 Å². The summed E-state index contributed by atoms with van der Waals surface area (Å²) in [5.74, 6) is 0. The van der Waals surface area contributed by atoms with Crippen molar-refractivity contribution in [1.82, 2.24) is 0 Å². The molecule has 0 bridgehead atoms. The molecule has 0 aliphatic rings. The van der Waals surface area contributed by atoms with Crippen LogP contribution < -0.4 is 5.73 Å². The molecule has 0 fully saturated rings. The van der Waals surface area contributed by atoms with Gasteiger partial charge in [0.1, 0.15) is 0 Å². The molecule has 0 radical (unpaired) electrons. The Morgan fingerprint density at radius 1 is 1.57 bits per heavy atom. The van der Waals surface area contributed by atoms with Crippen molar-refractivity contribution < 1.29 is 9.90 Å². The number of nitrogens with two attached hydrogens (primary N) is 1. The van der Waals surface area contributed by atoms with E-state index in [9.17, 15) is 4.79 Å². The lowest BCUT2D eigenvalue weighted by molar-refractivity contribution is 0.112. The van der Waals surface area contributed by atoms with E-state index in [1.165, 1.54) is 11.3 Å². The highest BCUT2D eigenvalue weighted by Gasteiger charge is 2.10. The van der Waals surface area contributed by atoms with E-state index in [4.69, 9.17) is 10.8 Å². The number of fused-ring (bicyclic) bond motifs is 1. The van der Waals surface area contributed by atoms with E-state index < -0.39 is 0 Å². The highest BCUT2D eigenvalue weighted by molar-refractivity contribution is 7.17. The third-order valence-corrected chi connectivity index (χ3v) is 3.16. The predicted molar refractivity (Wildman–Crippen MR) is 57.5 cm³/mol. The zero-order valence-electron chi connectivity index (χ0n) is 7.36. The van der Waals surface area contributed by atoms with E-state index in [1.54, 1.807) is 6.07 Å². The van der Waals surface area contributed by atoms with Crippen LogP contribution in [0.2, 0.25) is 0 Å². The number of rotatable bonds is 2. The van der Waals surface area contributed by atoms with Gasteiger partial charge < -0.3 is 10.8 Å². The number of carbonyl (C=O) groups is 1. The SMILES string of the molecule is Nc1cc(C=O)c(CO)c2ccsc12. The lowest BCUT2D eigenvalue weighted by Crippen LogP contribution is -1.96. The smallest absolute Gasteiger partial charge is 0.150 e. The topological polar surface area (TPSA) is 63.3 Å². The number of anilines is 1. The number of hydrogen-bond donors (Lipinski definition) is 2. The maximum absolute atomic E-state index is 10.7. The second-order valence-electron chi connectivity index (χ2n) is 2.97. The number of aliphatic hydroxyl groups is 1. The first-order valence-electron chi connectivity index (χ1n) is 4.12. The van der Waals surface area contributed by atoms with Gasteiger partial charge in [0.05, 0.1) is 17.0 Å². The lowest BCUT2D eigenvalue weighted by atomic mass is 10.0. The average molecular weight is 207 g/mol. The van der Waals surface area contributed by atoms with Gasteiger partial charge in [-0.3, -0.25) is 4.79 Å². The van der Waals surface area contributed by atoms with Gasteiger partial charge in [-0.05, 0) is 23.1 Å². The van der Waals surface area contributed by atoms with Crippen LogP contribution in [-0.4, -0.2) is 11.4 Å². The van der Waals surface area contributed by atoms with Crippen molar-refractivity contribution in [2.24, 2.45) is 0 Å². The Labute approximate surface area is 84.8 Å². The highest BCUT2D eigenvalue weighted by Crippen LogP contribution is 2.31. The van der Waals surface area contributed by atoms with Gasteiger partial charge in [0.25, 0.3) is 0 Å². The molecule has 0 aliphatic heterocycles. The highest BCUT2D eigenvalue weighted by atomic mass is 32.1. The van der Waals surface area contributed by atoms with Crippen LogP contribution in [0, 0.1) is 0 Å². The Bertz CT molecular complexity index is 490. The molecule has 2 rings (SSSR count). The minimum Gasteiger partial charge on any atom is -0.398 e. The predicted octanol–water partition coefficient (Wildman–Crippen LogP) is 1.79. The zero-order chi connectivity index (χ0) is 10.1. The molecular formula is C10H9NO2S. The molecule has 14 heavy (non-hydrogen) atoms. The fourth-order valence-corrected chi connectivity index (χ4v) is 2.38. The molecular weight excluding hydrogens is 198 g/mol. The third-order valence-electron chi connectivity index (χ3n) is 2.20. The van der Waals surface area contributed by atoms with Crippen molar-refractivity contribution >= 4 is 33.4 Å². The van der Waals surface area contributed by atoms with Crippen LogP contribution in [0.1, 0.15) is 15.9 Å². The molecule has 0 atom stereocenters. The summed E-state index contributed by atoms with van der Waals surface area (Å²) >= 11 is 1.51. The lowest BCUT2D eigenvalue weighted by Gasteiger charge is -2.05. The molecule has 1 aromatic heterocycles. The Balaban J connectivity index is 2.88. The van der Waals surface area contributed by atoms with Gasteiger partial charge in [-0.25, -0.2) is 0 Å². The summed E-state index contributed by atoms with van der Waals surface area (Å²) in [6.45, 7) is -0.137. The van der Waals surface area contributed by atoms with Gasteiger partial charge in [0.15, 0.2) is 6.29 Å². The molecule has 0 spiro atoms. The zero-order valence-corrected chi connectivity index (χ0v) is 8.17. The first-order valence-corrected chi connectivity index (χ1v) is 5.00. The van der Waals surface area contributed by atoms with Crippen molar-refractivity contribution in [2.45, 2.75) is 6.61 Å². The van der Waals surface area contributed by atoms with Crippen molar-refractivity contribution in [3.63, 3.8) is 0 Å². The number of benzene rings is 1. The number of carbonyl (C=O) groups excluding carboxylic acids is 1. The van der Waals surface area contributed by atoms with Gasteiger partial charge in [-0.2, -0.15) is 0 Å². The number of aliphatic hydroxyl groups excluding tert-OH is 1. The number of hydrogen-bond acceptors (Lipinski definition) is 4. The fraction of sp³-hybridized carbons (Fsp3) is 0.100. The van der Waals surface area contributed by atoms with E-state index in [1.807, 2.05) is 11.4 Å². The second-order valence-corrected chi connectivity index (χ2v) is 3.89. The Morgan fingerprint density at radius 3 is 3.00 bits per heavy atom. The van der Waals surface area contributed by atoms with Crippen LogP contribution >= 0.6 is 11.3 Å². The Kier molecular flexibility index (Phi) is 2.23. The number of thiophene rings is 1. The monoisotopic (exact) mass is 207 g/mol. The van der Waals surface area contributed by atoms with Gasteiger partial charge >= 0.3 is 0 Å². The molecule has 2 aromatic rings. The van der Waals surface area contributed by atoms with Crippen molar-refractivity contribution in [1.29, 1.82) is 0 Å². The van der Waals surface area contributed by atoms with Gasteiger partial charge in [0.2, 0.25) is 0 Å². The van der Waals surface area contributed by atoms with Crippen molar-refractivity contribution in [3.8, 4) is 0 Å². The third kappa shape index (κ3) is 1.20. The summed E-state index contributed by atoms with van der Waals surface area (Å²) < 4.78 is 0.930. The summed E-state index contributed by atoms with van der Waals surface area (Å²) in [4.78, 5) is 10.7. The standard InChI is InChI=1S/C10H9NO2S/c11-9-3-6(4-12)8(5-13)7-1-2-14-10(7)9/h1-4,13H,5,11H2. The van der Waals surface area contributed by atoms with E-state index in [-0.39, 0.29) is 6.61 Å². The molecule has 4 heteroatoms. The molecule has 0 unspecified atom stereocenters. The summed E-state index contributed by atoms with van der Waals surface area (Å²) in [5, 5.41) is 11.9. The largest absolute Gasteiger partial charge is 0.398 e. The summed E-state index contributed by atoms with van der Waals surface area (Å²) in [7, 11) is 0. The number of nitrogen functional groups attached to an aromatic ring is 1. The Morgan fingerprint density at radius 2 is 2.36 bits per heavy atom. The van der Waals surface area contributed by atoms with Crippen LogP contribution in [-0.2, 0) is 6.61 Å². The second kappa shape index (κ2) is 3.40. The van der Waals surface area contributed by atoms with E-state index >= 15 is 0 Å². The van der Waals surface area contributed by atoms with Crippen LogP contribution in [0.5, 0.6) is 0 Å². The molecule has 72 valence electrons. The summed E-state index contributed by atoms with van der Waals surface area (Å²) in [5.41, 5.74) is 7.49.